The van der Waals surface area contributed by atoms with Crippen LogP contribution in [0.3, 0.4) is 0 Å². The second kappa shape index (κ2) is 5.25. The summed E-state index contributed by atoms with van der Waals surface area (Å²) in [6.07, 6.45) is 0. The maximum Gasteiger partial charge on any atom is 0.223 e. The summed E-state index contributed by atoms with van der Waals surface area (Å²) in [7, 11) is 0. The van der Waals surface area contributed by atoms with Gasteiger partial charge in [0.2, 0.25) is 5.91 Å². The third kappa shape index (κ3) is 4.30. The Balaban J connectivity index is 4.00. The van der Waals surface area contributed by atoms with E-state index in [1.165, 1.54) is 0 Å². The third-order valence-electron chi connectivity index (χ3n) is 2.78. The van der Waals surface area contributed by atoms with Crippen molar-refractivity contribution in [3.05, 3.63) is 0 Å². The van der Waals surface area contributed by atoms with Crippen molar-refractivity contribution in [3.8, 4) is 0 Å². The summed E-state index contributed by atoms with van der Waals surface area (Å²) in [4.78, 5) is 11.6. The van der Waals surface area contributed by atoms with Gasteiger partial charge in [-0.05, 0) is 18.8 Å². The first-order valence-electron chi connectivity index (χ1n) is 5.16. The van der Waals surface area contributed by atoms with Crippen molar-refractivity contribution in [1.29, 1.82) is 0 Å². The normalized spacial score (nSPS) is 16.0. The molecule has 0 saturated heterocycles. The minimum atomic E-state index is 0.112. The van der Waals surface area contributed by atoms with E-state index < -0.39 is 0 Å². The fourth-order valence-corrected chi connectivity index (χ4v) is 0.825. The molecule has 0 aromatic rings. The monoisotopic (exact) mass is 185 g/mol. The van der Waals surface area contributed by atoms with Crippen LogP contribution in [0.15, 0.2) is 0 Å². The molecule has 2 nitrogen and oxygen atoms in total. The predicted octanol–water partition coefficient (Wildman–Crippen LogP) is 2.44. The van der Waals surface area contributed by atoms with Gasteiger partial charge < -0.3 is 5.32 Å². The Labute approximate surface area is 82.1 Å². The average molecular weight is 185 g/mol. The molecule has 0 radical (unpaired) electrons. The topological polar surface area (TPSA) is 29.1 Å². The van der Waals surface area contributed by atoms with Crippen LogP contribution in [-0.2, 0) is 4.79 Å². The highest BCUT2D eigenvalue weighted by molar-refractivity contribution is 5.78. The van der Waals surface area contributed by atoms with E-state index in [1.807, 2.05) is 6.92 Å². The van der Waals surface area contributed by atoms with E-state index in [1.54, 1.807) is 0 Å². The zero-order valence-corrected chi connectivity index (χ0v) is 9.72. The van der Waals surface area contributed by atoms with E-state index in [0.29, 0.717) is 11.8 Å². The van der Waals surface area contributed by atoms with Crippen molar-refractivity contribution in [2.75, 3.05) is 0 Å². The van der Waals surface area contributed by atoms with Crippen molar-refractivity contribution in [1.82, 2.24) is 5.32 Å². The van der Waals surface area contributed by atoms with E-state index >= 15 is 0 Å². The lowest BCUT2D eigenvalue weighted by molar-refractivity contribution is -0.126. The molecule has 2 atom stereocenters. The van der Waals surface area contributed by atoms with Gasteiger partial charge in [0, 0.05) is 12.0 Å². The van der Waals surface area contributed by atoms with Gasteiger partial charge in [0.05, 0.1) is 0 Å². The fourth-order valence-electron chi connectivity index (χ4n) is 0.825. The van der Waals surface area contributed by atoms with Crippen molar-refractivity contribution in [2.24, 2.45) is 17.8 Å². The van der Waals surface area contributed by atoms with Crippen molar-refractivity contribution < 1.29 is 4.79 Å². The van der Waals surface area contributed by atoms with Crippen LogP contribution in [0.1, 0.15) is 41.5 Å². The molecule has 0 aliphatic rings. The van der Waals surface area contributed by atoms with Gasteiger partial charge in [-0.2, -0.15) is 0 Å². The molecule has 78 valence electrons. The summed E-state index contributed by atoms with van der Waals surface area (Å²) < 4.78 is 0. The van der Waals surface area contributed by atoms with Gasteiger partial charge in [-0.1, -0.05) is 34.6 Å². The standard InChI is InChI=1S/C11H23NO/c1-7(2)9(5)11(13)12-10(6)8(3)4/h7-10H,1-6H3,(H,12,13)/t9-,10-/m0/s1. The SMILES string of the molecule is CC(C)[C@H](C)NC(=O)[C@@H](C)C(C)C. The zero-order chi connectivity index (χ0) is 10.6. The number of carbonyl (C=O) groups excluding carboxylic acids is 1. The number of rotatable bonds is 4. The maximum atomic E-state index is 11.6. The molecule has 0 aliphatic heterocycles. The Bertz CT molecular complexity index is 163. The molecule has 13 heavy (non-hydrogen) atoms. The first-order valence-corrected chi connectivity index (χ1v) is 5.16. The highest BCUT2D eigenvalue weighted by atomic mass is 16.1. The number of hydrogen-bond acceptors (Lipinski definition) is 1. The quantitative estimate of drug-likeness (QED) is 0.716. The summed E-state index contributed by atoms with van der Waals surface area (Å²) in [5.41, 5.74) is 0. The summed E-state index contributed by atoms with van der Waals surface area (Å²) in [6, 6.07) is 0.272. The van der Waals surface area contributed by atoms with Crippen LogP contribution in [0.4, 0.5) is 0 Å². The van der Waals surface area contributed by atoms with Gasteiger partial charge in [0.1, 0.15) is 0 Å². The lowest BCUT2D eigenvalue weighted by Crippen LogP contribution is -2.40. The summed E-state index contributed by atoms with van der Waals surface area (Å²) >= 11 is 0. The molecule has 2 heteroatoms. The molecule has 0 saturated carbocycles. The van der Waals surface area contributed by atoms with Crippen molar-refractivity contribution >= 4 is 5.91 Å². The van der Waals surface area contributed by atoms with Gasteiger partial charge >= 0.3 is 0 Å². The van der Waals surface area contributed by atoms with Crippen LogP contribution in [0, 0.1) is 17.8 Å². The molecule has 0 fully saturated rings. The molecule has 0 unspecified atom stereocenters. The van der Waals surface area contributed by atoms with E-state index in [2.05, 4.69) is 39.9 Å². The molecule has 0 aromatic carbocycles. The molecule has 1 N–H and O–H groups in total. The highest BCUT2D eigenvalue weighted by Gasteiger charge is 2.19. The Morgan fingerprint density at radius 3 is 1.69 bits per heavy atom. The van der Waals surface area contributed by atoms with Crippen LogP contribution in [0.25, 0.3) is 0 Å². The van der Waals surface area contributed by atoms with Gasteiger partial charge in [-0.15, -0.1) is 0 Å². The minimum Gasteiger partial charge on any atom is -0.353 e. The number of amides is 1. The van der Waals surface area contributed by atoms with Crippen LogP contribution in [0.2, 0.25) is 0 Å². The number of carbonyl (C=O) groups is 1. The molecular weight excluding hydrogens is 162 g/mol. The molecule has 0 bridgehead atoms. The van der Waals surface area contributed by atoms with E-state index in [4.69, 9.17) is 0 Å². The summed E-state index contributed by atoms with van der Waals surface area (Å²) in [6.45, 7) is 12.4. The van der Waals surface area contributed by atoms with Crippen LogP contribution in [0.5, 0.6) is 0 Å². The fraction of sp³-hybridized carbons (Fsp3) is 0.909. The Kier molecular flexibility index (Phi) is 5.04. The van der Waals surface area contributed by atoms with Gasteiger partial charge in [-0.3, -0.25) is 4.79 Å². The van der Waals surface area contributed by atoms with Crippen molar-refractivity contribution in [3.63, 3.8) is 0 Å². The van der Waals surface area contributed by atoms with Gasteiger partial charge in [-0.25, -0.2) is 0 Å². The van der Waals surface area contributed by atoms with E-state index in [9.17, 15) is 4.79 Å². The molecule has 0 heterocycles. The van der Waals surface area contributed by atoms with Gasteiger partial charge in [0.25, 0.3) is 0 Å². The summed E-state index contributed by atoms with van der Waals surface area (Å²) in [5, 5.41) is 3.02. The van der Waals surface area contributed by atoms with E-state index in [0.717, 1.165) is 0 Å². The average Bonchev–Trinajstić information content (AvgIpc) is 2.02. The van der Waals surface area contributed by atoms with Crippen LogP contribution in [-0.4, -0.2) is 11.9 Å². The molecule has 1 amide bonds. The third-order valence-corrected chi connectivity index (χ3v) is 2.78. The first-order chi connectivity index (χ1) is 5.86. The smallest absolute Gasteiger partial charge is 0.223 e. The Hall–Kier alpha value is -0.530. The lowest BCUT2D eigenvalue weighted by atomic mass is 9.96. The molecule has 0 rings (SSSR count). The lowest BCUT2D eigenvalue weighted by Gasteiger charge is -2.21. The number of nitrogens with one attached hydrogen (secondary N) is 1. The molecular formula is C11H23NO. The maximum absolute atomic E-state index is 11.6. The molecule has 0 aliphatic carbocycles. The Morgan fingerprint density at radius 1 is 0.923 bits per heavy atom. The second-order valence-electron chi connectivity index (χ2n) is 4.57. The minimum absolute atomic E-state index is 0.112. The highest BCUT2D eigenvalue weighted by Crippen LogP contribution is 2.10. The van der Waals surface area contributed by atoms with Gasteiger partial charge in [0.15, 0.2) is 0 Å². The Morgan fingerprint density at radius 2 is 1.38 bits per heavy atom. The molecule has 0 aromatic heterocycles. The van der Waals surface area contributed by atoms with Crippen molar-refractivity contribution in [2.45, 2.75) is 47.6 Å². The summed E-state index contributed by atoms with van der Waals surface area (Å²) in [5.74, 6) is 1.21. The molecule has 0 spiro atoms. The first kappa shape index (κ1) is 12.5. The second-order valence-corrected chi connectivity index (χ2v) is 4.57. The largest absolute Gasteiger partial charge is 0.353 e. The predicted molar refractivity (Wildman–Crippen MR) is 56.4 cm³/mol. The van der Waals surface area contributed by atoms with Crippen LogP contribution < -0.4 is 5.32 Å². The van der Waals surface area contributed by atoms with Crippen LogP contribution >= 0.6 is 0 Å². The number of hydrogen-bond donors (Lipinski definition) is 1. The zero-order valence-electron chi connectivity index (χ0n) is 9.72. The van der Waals surface area contributed by atoms with E-state index in [-0.39, 0.29) is 17.9 Å².